The molecule has 2 aromatic rings. The maximum absolute atomic E-state index is 12.3. The minimum absolute atomic E-state index is 0.0427. The van der Waals surface area contributed by atoms with E-state index in [0.717, 1.165) is 15.8 Å². The highest BCUT2D eigenvalue weighted by molar-refractivity contribution is 9.10. The summed E-state index contributed by atoms with van der Waals surface area (Å²) in [5.41, 5.74) is 2.01. The Morgan fingerprint density at radius 3 is 2.42 bits per heavy atom. The number of carbonyl (C=O) groups is 1. The highest BCUT2D eigenvalue weighted by atomic mass is 79.9. The molecule has 0 aromatic heterocycles. The zero-order chi connectivity index (χ0) is 13.7. The molecule has 2 rings (SSSR count). The van der Waals surface area contributed by atoms with Gasteiger partial charge >= 0.3 is 0 Å². The van der Waals surface area contributed by atoms with Crippen LogP contribution in [0.2, 0.25) is 0 Å². The lowest BCUT2D eigenvalue weighted by atomic mass is 10.1. The quantitative estimate of drug-likeness (QED) is 0.719. The molecule has 19 heavy (non-hydrogen) atoms. The molecule has 0 saturated carbocycles. The van der Waals surface area contributed by atoms with Crippen LogP contribution in [0.15, 0.2) is 59.1 Å². The monoisotopic (exact) mass is 334 g/mol. The van der Waals surface area contributed by atoms with Gasteiger partial charge in [0.2, 0.25) is 0 Å². The lowest BCUT2D eigenvalue weighted by Crippen LogP contribution is -2.14. The minimum atomic E-state index is -0.0427. The van der Waals surface area contributed by atoms with Crippen molar-refractivity contribution >= 4 is 33.5 Å². The molecule has 2 aromatic carbocycles. The second kappa shape index (κ2) is 6.92. The summed E-state index contributed by atoms with van der Waals surface area (Å²) in [7, 11) is 0. The number of rotatable bonds is 5. The summed E-state index contributed by atoms with van der Waals surface area (Å²) in [5, 5.41) is -0.0427. The Bertz CT molecular complexity index is 554. The van der Waals surface area contributed by atoms with Crippen molar-refractivity contribution in [1.29, 1.82) is 0 Å². The Balaban J connectivity index is 1.99. The molecule has 0 heterocycles. The molecular weight excluding hydrogens is 320 g/mol. The molecule has 0 bridgehead atoms. The van der Waals surface area contributed by atoms with E-state index in [4.69, 9.17) is 0 Å². The summed E-state index contributed by atoms with van der Waals surface area (Å²) < 4.78 is 0.868. The second-order valence-electron chi connectivity index (χ2n) is 4.28. The molecule has 1 unspecified atom stereocenters. The van der Waals surface area contributed by atoms with Gasteiger partial charge < -0.3 is 0 Å². The zero-order valence-corrected chi connectivity index (χ0v) is 13.1. The molecule has 0 saturated heterocycles. The number of hydrogen-bond acceptors (Lipinski definition) is 2. The maximum atomic E-state index is 12.3. The van der Waals surface area contributed by atoms with Crippen molar-refractivity contribution < 1.29 is 4.79 Å². The normalized spacial score (nSPS) is 12.1. The van der Waals surface area contributed by atoms with Crippen LogP contribution in [-0.4, -0.2) is 11.0 Å². The van der Waals surface area contributed by atoms with Gasteiger partial charge in [-0.1, -0.05) is 64.5 Å². The highest BCUT2D eigenvalue weighted by Gasteiger charge is 2.17. The van der Waals surface area contributed by atoms with Crippen molar-refractivity contribution in [1.82, 2.24) is 0 Å². The van der Waals surface area contributed by atoms with Crippen LogP contribution in [0, 0.1) is 0 Å². The minimum Gasteiger partial charge on any atom is -0.293 e. The van der Waals surface area contributed by atoms with E-state index >= 15 is 0 Å². The number of benzene rings is 2. The zero-order valence-electron chi connectivity index (χ0n) is 10.7. The molecule has 1 nitrogen and oxygen atoms in total. The summed E-state index contributed by atoms with van der Waals surface area (Å²) in [6.45, 7) is 1.97. The first-order chi connectivity index (χ1) is 9.18. The third-order valence-electron chi connectivity index (χ3n) is 2.85. The maximum Gasteiger partial charge on any atom is 0.176 e. The average molecular weight is 335 g/mol. The molecule has 98 valence electrons. The molecule has 0 radical (unpaired) electrons. The predicted molar refractivity (Wildman–Crippen MR) is 85.7 cm³/mol. The Kier molecular flexibility index (Phi) is 5.23. The highest BCUT2D eigenvalue weighted by Crippen LogP contribution is 2.24. The van der Waals surface area contributed by atoms with E-state index in [1.54, 1.807) is 11.8 Å². The van der Waals surface area contributed by atoms with Crippen LogP contribution in [0.25, 0.3) is 0 Å². The summed E-state index contributed by atoms with van der Waals surface area (Å²) in [4.78, 5) is 12.3. The summed E-state index contributed by atoms with van der Waals surface area (Å²) in [6.07, 6.45) is 0. The Morgan fingerprint density at radius 1 is 1.11 bits per heavy atom. The van der Waals surface area contributed by atoms with E-state index in [-0.39, 0.29) is 11.0 Å². The molecule has 0 aliphatic heterocycles. The summed E-state index contributed by atoms with van der Waals surface area (Å²) >= 11 is 5.10. The van der Waals surface area contributed by atoms with E-state index in [0.29, 0.717) is 0 Å². The lowest BCUT2D eigenvalue weighted by Gasteiger charge is -2.11. The van der Waals surface area contributed by atoms with Crippen LogP contribution in [-0.2, 0) is 5.75 Å². The van der Waals surface area contributed by atoms with Gasteiger partial charge in [0, 0.05) is 15.8 Å². The molecule has 0 amide bonds. The Morgan fingerprint density at radius 2 is 1.74 bits per heavy atom. The standard InChI is InChI=1S/C16H15BrOS/c1-12(19-11-13-7-3-2-4-8-13)16(18)14-9-5-6-10-15(14)17/h2-10,12H,11H2,1H3. The Hall–Kier alpha value is -1.06. The molecule has 1 atom stereocenters. The number of ketones is 1. The van der Waals surface area contributed by atoms with Gasteiger partial charge in [-0.25, -0.2) is 0 Å². The van der Waals surface area contributed by atoms with Crippen molar-refractivity contribution in [2.45, 2.75) is 17.9 Å². The van der Waals surface area contributed by atoms with E-state index in [9.17, 15) is 4.79 Å². The molecule has 0 aliphatic carbocycles. The fourth-order valence-corrected chi connectivity index (χ4v) is 3.14. The van der Waals surface area contributed by atoms with Gasteiger partial charge in [-0.05, 0) is 18.6 Å². The smallest absolute Gasteiger partial charge is 0.176 e. The van der Waals surface area contributed by atoms with Gasteiger partial charge in [-0.15, -0.1) is 11.8 Å². The largest absolute Gasteiger partial charge is 0.293 e. The second-order valence-corrected chi connectivity index (χ2v) is 6.47. The van der Waals surface area contributed by atoms with Gasteiger partial charge in [-0.3, -0.25) is 4.79 Å². The first-order valence-corrected chi connectivity index (χ1v) is 7.97. The first kappa shape index (κ1) is 14.4. The number of Topliss-reactive ketones (excluding diaryl/α,β-unsaturated/α-hetero) is 1. The van der Waals surface area contributed by atoms with Crippen LogP contribution >= 0.6 is 27.7 Å². The molecule has 0 spiro atoms. The third kappa shape index (κ3) is 3.95. The third-order valence-corrected chi connectivity index (χ3v) is 4.76. The number of hydrogen-bond donors (Lipinski definition) is 0. The lowest BCUT2D eigenvalue weighted by molar-refractivity contribution is 0.0993. The topological polar surface area (TPSA) is 17.1 Å². The van der Waals surface area contributed by atoms with Crippen molar-refractivity contribution in [2.24, 2.45) is 0 Å². The Labute approximate surface area is 126 Å². The van der Waals surface area contributed by atoms with Crippen molar-refractivity contribution in [2.75, 3.05) is 0 Å². The predicted octanol–water partition coefficient (Wildman–Crippen LogP) is 4.95. The average Bonchev–Trinajstić information content (AvgIpc) is 2.45. The van der Waals surface area contributed by atoms with E-state index < -0.39 is 0 Å². The fourth-order valence-electron chi connectivity index (χ4n) is 1.75. The van der Waals surface area contributed by atoms with Gasteiger partial charge in [0.05, 0.1) is 5.25 Å². The fraction of sp³-hybridized carbons (Fsp3) is 0.188. The van der Waals surface area contributed by atoms with Crippen LogP contribution < -0.4 is 0 Å². The summed E-state index contributed by atoms with van der Waals surface area (Å²) in [6, 6.07) is 17.8. The molecular formula is C16H15BrOS. The van der Waals surface area contributed by atoms with E-state index in [1.807, 2.05) is 49.4 Å². The molecule has 0 aliphatic rings. The van der Waals surface area contributed by atoms with E-state index in [1.165, 1.54) is 5.56 Å². The van der Waals surface area contributed by atoms with Crippen LogP contribution in [0.3, 0.4) is 0 Å². The SMILES string of the molecule is CC(SCc1ccccc1)C(=O)c1ccccc1Br. The van der Waals surface area contributed by atoms with E-state index in [2.05, 4.69) is 28.1 Å². The van der Waals surface area contributed by atoms with Crippen molar-refractivity contribution in [3.8, 4) is 0 Å². The number of carbonyl (C=O) groups excluding carboxylic acids is 1. The number of thioether (sulfide) groups is 1. The van der Waals surface area contributed by atoms with Crippen LogP contribution in [0.1, 0.15) is 22.8 Å². The summed E-state index contributed by atoms with van der Waals surface area (Å²) in [5.74, 6) is 1.03. The van der Waals surface area contributed by atoms with Crippen molar-refractivity contribution in [3.63, 3.8) is 0 Å². The van der Waals surface area contributed by atoms with Gasteiger partial charge in [-0.2, -0.15) is 0 Å². The molecule has 0 fully saturated rings. The van der Waals surface area contributed by atoms with Crippen LogP contribution in [0.4, 0.5) is 0 Å². The van der Waals surface area contributed by atoms with Gasteiger partial charge in [0.1, 0.15) is 0 Å². The van der Waals surface area contributed by atoms with Crippen molar-refractivity contribution in [3.05, 3.63) is 70.2 Å². The molecule has 3 heteroatoms. The van der Waals surface area contributed by atoms with Gasteiger partial charge in [0.15, 0.2) is 5.78 Å². The first-order valence-electron chi connectivity index (χ1n) is 6.13. The van der Waals surface area contributed by atoms with Crippen LogP contribution in [0.5, 0.6) is 0 Å². The number of halogens is 1. The van der Waals surface area contributed by atoms with Gasteiger partial charge in [0.25, 0.3) is 0 Å². The molecule has 0 N–H and O–H groups in total.